The number of hydrogen-bond donors (Lipinski definition) is 2. The van der Waals surface area contributed by atoms with Gasteiger partial charge in [-0.3, -0.25) is 4.79 Å². The number of nitrogens with one attached hydrogen (secondary N) is 1. The van der Waals surface area contributed by atoms with E-state index >= 15 is 0 Å². The summed E-state index contributed by atoms with van der Waals surface area (Å²) in [6, 6.07) is 8.32. The number of amides is 1. The van der Waals surface area contributed by atoms with Crippen molar-refractivity contribution in [3.8, 4) is 0 Å². The van der Waals surface area contributed by atoms with Crippen molar-refractivity contribution < 1.29 is 9.90 Å². The second-order valence-corrected chi connectivity index (χ2v) is 5.57. The zero-order chi connectivity index (χ0) is 14.2. The number of hydrogen-bond acceptors (Lipinski definition) is 2. The minimum absolute atomic E-state index is 0.0393. The molecule has 1 atom stereocenters. The fourth-order valence-corrected chi connectivity index (χ4v) is 2.95. The molecule has 3 heteroatoms. The third-order valence-electron chi connectivity index (χ3n) is 4.07. The van der Waals surface area contributed by atoms with Crippen LogP contribution in [0.15, 0.2) is 24.3 Å². The highest BCUT2D eigenvalue weighted by atomic mass is 16.2. The first-order chi connectivity index (χ1) is 9.83. The van der Waals surface area contributed by atoms with E-state index in [-0.39, 0.29) is 18.4 Å². The quantitative estimate of drug-likeness (QED) is 0.752. The Morgan fingerprint density at radius 2 is 2.00 bits per heavy atom. The normalized spacial score (nSPS) is 17.6. The molecule has 0 aromatic heterocycles. The predicted molar refractivity (Wildman–Crippen MR) is 80.7 cm³/mol. The molecule has 1 aliphatic carbocycles. The molecule has 1 unspecified atom stereocenters. The van der Waals surface area contributed by atoms with Crippen LogP contribution in [0.1, 0.15) is 55.6 Å². The smallest absolute Gasteiger partial charge is 0.227 e. The van der Waals surface area contributed by atoms with Crippen LogP contribution in [0.4, 0.5) is 0 Å². The Morgan fingerprint density at radius 1 is 1.20 bits per heavy atom. The van der Waals surface area contributed by atoms with Crippen LogP contribution in [-0.2, 0) is 11.2 Å². The molecule has 0 bridgehead atoms. The second kappa shape index (κ2) is 8.05. The van der Waals surface area contributed by atoms with Crippen LogP contribution in [0.2, 0.25) is 0 Å². The lowest BCUT2D eigenvalue weighted by molar-refractivity contribution is -0.122. The van der Waals surface area contributed by atoms with Gasteiger partial charge in [-0.2, -0.15) is 0 Å². The van der Waals surface area contributed by atoms with Crippen molar-refractivity contribution in [2.45, 2.75) is 50.9 Å². The zero-order valence-corrected chi connectivity index (χ0v) is 12.1. The van der Waals surface area contributed by atoms with Gasteiger partial charge >= 0.3 is 0 Å². The van der Waals surface area contributed by atoms with Crippen LogP contribution in [0.3, 0.4) is 0 Å². The Balaban J connectivity index is 1.79. The average molecular weight is 275 g/mol. The van der Waals surface area contributed by atoms with Crippen LogP contribution >= 0.6 is 0 Å². The summed E-state index contributed by atoms with van der Waals surface area (Å²) in [4.78, 5) is 12.3. The molecular weight excluding hydrogens is 250 g/mol. The van der Waals surface area contributed by atoms with E-state index in [1.54, 1.807) is 0 Å². The van der Waals surface area contributed by atoms with Gasteiger partial charge in [0, 0.05) is 13.2 Å². The first-order valence-corrected chi connectivity index (χ1v) is 7.79. The molecule has 1 aromatic carbocycles. The van der Waals surface area contributed by atoms with Gasteiger partial charge in [0.05, 0.1) is 5.92 Å². The number of fused-ring (bicyclic) bond motifs is 1. The van der Waals surface area contributed by atoms with E-state index in [2.05, 4.69) is 23.5 Å². The van der Waals surface area contributed by atoms with Crippen molar-refractivity contribution in [1.82, 2.24) is 5.32 Å². The van der Waals surface area contributed by atoms with Gasteiger partial charge in [0.2, 0.25) is 5.91 Å². The van der Waals surface area contributed by atoms with Crippen molar-refractivity contribution in [3.05, 3.63) is 35.4 Å². The molecule has 1 aromatic rings. The molecule has 0 saturated carbocycles. The van der Waals surface area contributed by atoms with Crippen molar-refractivity contribution in [3.63, 3.8) is 0 Å². The van der Waals surface area contributed by atoms with E-state index in [4.69, 9.17) is 5.11 Å². The molecule has 0 saturated heterocycles. The van der Waals surface area contributed by atoms with Crippen molar-refractivity contribution in [2.75, 3.05) is 13.2 Å². The predicted octanol–water partition coefficient (Wildman–Crippen LogP) is 2.78. The van der Waals surface area contributed by atoms with Crippen molar-refractivity contribution >= 4 is 5.91 Å². The summed E-state index contributed by atoms with van der Waals surface area (Å²) < 4.78 is 0. The lowest BCUT2D eigenvalue weighted by atomic mass is 9.82. The highest BCUT2D eigenvalue weighted by Crippen LogP contribution is 2.31. The fourth-order valence-electron chi connectivity index (χ4n) is 2.95. The third-order valence-corrected chi connectivity index (χ3v) is 4.07. The molecule has 0 heterocycles. The van der Waals surface area contributed by atoms with Gasteiger partial charge in [0.15, 0.2) is 0 Å². The number of carbonyl (C=O) groups excluding carboxylic acids is 1. The van der Waals surface area contributed by atoms with Gasteiger partial charge in [-0.25, -0.2) is 0 Å². The first kappa shape index (κ1) is 15.0. The zero-order valence-electron chi connectivity index (χ0n) is 12.1. The number of unbranched alkanes of at least 4 members (excludes halogenated alkanes) is 3. The Kier molecular flexibility index (Phi) is 6.06. The highest BCUT2D eigenvalue weighted by molar-refractivity contribution is 5.84. The molecule has 20 heavy (non-hydrogen) atoms. The molecule has 3 nitrogen and oxygen atoms in total. The van der Waals surface area contributed by atoms with Gasteiger partial charge in [-0.15, -0.1) is 0 Å². The summed E-state index contributed by atoms with van der Waals surface area (Å²) in [6.07, 6.45) is 7.14. The van der Waals surface area contributed by atoms with Crippen LogP contribution in [0, 0.1) is 0 Å². The largest absolute Gasteiger partial charge is 0.396 e. The Bertz CT molecular complexity index is 431. The van der Waals surface area contributed by atoms with E-state index in [1.807, 2.05) is 6.07 Å². The summed E-state index contributed by atoms with van der Waals surface area (Å²) >= 11 is 0. The number of carbonyl (C=O) groups is 1. The number of rotatable bonds is 7. The van der Waals surface area contributed by atoms with Gasteiger partial charge in [-0.05, 0) is 43.2 Å². The summed E-state index contributed by atoms with van der Waals surface area (Å²) in [5, 5.41) is 11.8. The van der Waals surface area contributed by atoms with Gasteiger partial charge in [0.25, 0.3) is 0 Å². The summed E-state index contributed by atoms with van der Waals surface area (Å²) in [6.45, 7) is 1.02. The molecule has 2 rings (SSSR count). The second-order valence-electron chi connectivity index (χ2n) is 5.57. The summed E-state index contributed by atoms with van der Waals surface area (Å²) in [7, 11) is 0. The van der Waals surface area contributed by atoms with Crippen molar-refractivity contribution in [1.29, 1.82) is 0 Å². The van der Waals surface area contributed by atoms with Crippen LogP contribution in [-0.4, -0.2) is 24.2 Å². The Labute approximate surface area is 121 Å². The monoisotopic (exact) mass is 275 g/mol. The Hall–Kier alpha value is -1.35. The number of aliphatic hydroxyl groups is 1. The molecule has 1 amide bonds. The van der Waals surface area contributed by atoms with E-state index in [0.29, 0.717) is 0 Å². The van der Waals surface area contributed by atoms with E-state index in [9.17, 15) is 4.79 Å². The fraction of sp³-hybridized carbons (Fsp3) is 0.588. The van der Waals surface area contributed by atoms with Gasteiger partial charge in [0.1, 0.15) is 0 Å². The number of benzene rings is 1. The average Bonchev–Trinajstić information content (AvgIpc) is 2.50. The summed E-state index contributed by atoms with van der Waals surface area (Å²) in [5.74, 6) is 0.219. The van der Waals surface area contributed by atoms with Crippen LogP contribution in [0.25, 0.3) is 0 Å². The third kappa shape index (κ3) is 4.07. The molecular formula is C17H25NO2. The first-order valence-electron chi connectivity index (χ1n) is 7.79. The molecule has 110 valence electrons. The van der Waals surface area contributed by atoms with Crippen LogP contribution < -0.4 is 5.32 Å². The van der Waals surface area contributed by atoms with Gasteiger partial charge < -0.3 is 10.4 Å². The molecule has 2 N–H and O–H groups in total. The number of aliphatic hydroxyl groups excluding tert-OH is 1. The lowest BCUT2D eigenvalue weighted by Gasteiger charge is -2.24. The van der Waals surface area contributed by atoms with E-state index in [1.165, 1.54) is 11.1 Å². The standard InChI is InChI=1S/C17H25NO2/c19-13-6-2-1-5-12-18-17(20)16-11-7-9-14-8-3-4-10-15(14)16/h3-4,8,10,16,19H,1-2,5-7,9,11-13H2,(H,18,20). The SMILES string of the molecule is O=C(NCCCCCCO)C1CCCc2ccccc21. The number of aryl methyl sites for hydroxylation is 1. The molecule has 0 radical (unpaired) electrons. The molecule has 0 spiro atoms. The minimum Gasteiger partial charge on any atom is -0.396 e. The Morgan fingerprint density at radius 3 is 2.85 bits per heavy atom. The van der Waals surface area contributed by atoms with Crippen LogP contribution in [0.5, 0.6) is 0 Å². The van der Waals surface area contributed by atoms with Gasteiger partial charge in [-0.1, -0.05) is 37.1 Å². The topological polar surface area (TPSA) is 49.3 Å². The maximum Gasteiger partial charge on any atom is 0.227 e. The summed E-state index contributed by atoms with van der Waals surface area (Å²) in [5.41, 5.74) is 2.55. The highest BCUT2D eigenvalue weighted by Gasteiger charge is 2.25. The maximum atomic E-state index is 12.3. The molecule has 0 fully saturated rings. The molecule has 0 aliphatic heterocycles. The van der Waals surface area contributed by atoms with E-state index < -0.39 is 0 Å². The molecule has 1 aliphatic rings. The minimum atomic E-state index is 0.0393. The van der Waals surface area contributed by atoms with Crippen molar-refractivity contribution in [2.24, 2.45) is 0 Å². The maximum absolute atomic E-state index is 12.3. The van der Waals surface area contributed by atoms with E-state index in [0.717, 1.165) is 51.5 Å². The lowest BCUT2D eigenvalue weighted by Crippen LogP contribution is -2.32.